The van der Waals surface area contributed by atoms with E-state index in [1.165, 1.54) is 17.1 Å². The van der Waals surface area contributed by atoms with Crippen LogP contribution in [0.5, 0.6) is 11.5 Å². The van der Waals surface area contributed by atoms with E-state index in [4.69, 9.17) is 29.9 Å². The maximum atomic E-state index is 14.1. The number of amides is 4. The minimum atomic E-state index is -1.08. The second-order valence-corrected chi connectivity index (χ2v) is 17.3. The van der Waals surface area contributed by atoms with Gasteiger partial charge in [0.1, 0.15) is 47.1 Å². The van der Waals surface area contributed by atoms with Gasteiger partial charge in [-0.3, -0.25) is 48.8 Å². The fourth-order valence-electron chi connectivity index (χ4n) is 8.84. The lowest BCUT2D eigenvalue weighted by molar-refractivity contribution is -0.00548. The normalized spacial score (nSPS) is 15.8. The van der Waals surface area contributed by atoms with Crippen molar-refractivity contribution in [2.24, 2.45) is 5.73 Å². The van der Waals surface area contributed by atoms with Crippen LogP contribution in [0.25, 0.3) is 22.1 Å². The molecular weight excluding hydrogens is 931 g/mol. The summed E-state index contributed by atoms with van der Waals surface area (Å²) >= 11 is 0. The zero-order valence-electron chi connectivity index (χ0n) is 40.3. The van der Waals surface area contributed by atoms with Gasteiger partial charge in [0, 0.05) is 69.7 Å². The van der Waals surface area contributed by atoms with Crippen LogP contribution in [0.1, 0.15) is 83.7 Å². The standard InChI is InChI=1S/C48H55N15O9/c1-5-62-36(18-28(3)56-62)44(66)54-47-52-34-20-30(42(49)64)22-38-40(34)60(47)12-7-8-13-61-41-35(53-48(61)55-45(67)37-19-29(4)57-63(37)6-2)21-31(43(65)50-10-9-11-59-25-32(24-51-59)46(68)69)23-39(41)72-27-33(26-71-38)58-14-16-70-17-15-58/h7-8,18-25,33H,5-6,9-17,26-27H2,1-4H3,(H2,49,64)(H,50,65)(H,68,69)(H,52,54,66)(H,53,55,67)/b8-7+. The molecule has 24 heteroatoms. The van der Waals surface area contributed by atoms with Gasteiger partial charge in [-0.25, -0.2) is 14.8 Å². The number of aromatic carboxylic acids is 1. The summed E-state index contributed by atoms with van der Waals surface area (Å²) in [6, 6.07) is 9.35. The molecule has 1 atom stereocenters. The summed E-state index contributed by atoms with van der Waals surface area (Å²) in [5, 5.41) is 31.2. The molecule has 5 aromatic heterocycles. The molecule has 1 fully saturated rings. The number of carbonyl (C=O) groups excluding carboxylic acids is 4. The SMILES string of the molecule is CCn1nc(C)cc1C(=O)Nc1nc2cc(C(N)=O)cc3c2n1C/C=C/Cn1c(NC(=O)c2cc(C)nn2CC)nc2cc(C(=O)NCCCn4cc(C(=O)O)cn4)cc(c21)OCC(N1CCOCC1)CO3. The number of allylic oxidation sites excluding steroid dienone is 2. The van der Waals surface area contributed by atoms with Crippen LogP contribution in [0.4, 0.5) is 11.9 Å². The van der Waals surface area contributed by atoms with E-state index in [2.05, 4.69) is 36.1 Å². The number of nitrogens with zero attached hydrogens (tertiary/aromatic N) is 11. The van der Waals surface area contributed by atoms with Crippen molar-refractivity contribution < 1.29 is 43.3 Å². The number of nitrogens with two attached hydrogens (primary N) is 1. The van der Waals surface area contributed by atoms with Gasteiger partial charge < -0.3 is 39.5 Å². The third-order valence-electron chi connectivity index (χ3n) is 12.4. The number of carboxylic acid groups (broad SMARTS) is 1. The highest BCUT2D eigenvalue weighted by molar-refractivity contribution is 6.05. The first-order valence-electron chi connectivity index (χ1n) is 23.6. The molecule has 9 rings (SSSR count). The number of imidazole rings is 2. The van der Waals surface area contributed by atoms with Crippen molar-refractivity contribution in [1.82, 2.24) is 58.7 Å². The number of benzene rings is 2. The first-order chi connectivity index (χ1) is 34.8. The Morgan fingerprint density at radius 1 is 0.736 bits per heavy atom. The molecule has 0 saturated carbocycles. The van der Waals surface area contributed by atoms with Crippen molar-refractivity contribution in [3.8, 4) is 11.5 Å². The largest absolute Gasteiger partial charge is 0.490 e. The fraction of sp³-hybridized carbons (Fsp3) is 0.375. The van der Waals surface area contributed by atoms with Crippen molar-refractivity contribution in [3.05, 3.63) is 100 Å². The van der Waals surface area contributed by atoms with Gasteiger partial charge >= 0.3 is 5.97 Å². The zero-order valence-corrected chi connectivity index (χ0v) is 40.3. The van der Waals surface area contributed by atoms with Crippen molar-refractivity contribution in [2.75, 3.05) is 56.7 Å². The van der Waals surface area contributed by atoms with Gasteiger partial charge in [-0.2, -0.15) is 15.3 Å². The first kappa shape index (κ1) is 48.6. The Kier molecular flexibility index (Phi) is 14.1. The molecule has 7 heterocycles. The van der Waals surface area contributed by atoms with Gasteiger partial charge in [-0.05, 0) is 70.5 Å². The van der Waals surface area contributed by atoms with E-state index in [0.717, 1.165) is 0 Å². The highest BCUT2D eigenvalue weighted by Crippen LogP contribution is 2.34. The van der Waals surface area contributed by atoms with Crippen molar-refractivity contribution in [2.45, 2.75) is 72.9 Å². The number of carboxylic acids is 1. The first-order valence-corrected chi connectivity index (χ1v) is 23.6. The molecule has 0 radical (unpaired) electrons. The summed E-state index contributed by atoms with van der Waals surface area (Å²) in [6.07, 6.45) is 6.88. The Hall–Kier alpha value is -8.38. The third-order valence-corrected chi connectivity index (χ3v) is 12.4. The number of carbonyl (C=O) groups is 5. The molecule has 72 heavy (non-hydrogen) atoms. The van der Waals surface area contributed by atoms with Gasteiger partial charge in [-0.1, -0.05) is 12.2 Å². The Labute approximate surface area is 411 Å². The molecule has 376 valence electrons. The number of rotatable bonds is 14. The summed E-state index contributed by atoms with van der Waals surface area (Å²) in [5.41, 5.74) is 10.0. The predicted molar refractivity (Wildman–Crippen MR) is 262 cm³/mol. The van der Waals surface area contributed by atoms with E-state index in [-0.39, 0.29) is 61.4 Å². The molecule has 4 amide bonds. The number of hydrogen-bond donors (Lipinski definition) is 5. The van der Waals surface area contributed by atoms with E-state index < -0.39 is 35.6 Å². The second kappa shape index (κ2) is 20.9. The minimum Gasteiger partial charge on any atom is -0.490 e. The summed E-state index contributed by atoms with van der Waals surface area (Å²) < 4.78 is 27.5. The van der Waals surface area contributed by atoms with Gasteiger partial charge in [0.2, 0.25) is 17.8 Å². The third kappa shape index (κ3) is 10.3. The summed E-state index contributed by atoms with van der Waals surface area (Å²) in [4.78, 5) is 78.0. The zero-order chi connectivity index (χ0) is 50.6. The Morgan fingerprint density at radius 3 is 1.79 bits per heavy atom. The highest BCUT2D eigenvalue weighted by Gasteiger charge is 2.28. The van der Waals surface area contributed by atoms with Gasteiger partial charge in [0.05, 0.1) is 53.4 Å². The van der Waals surface area contributed by atoms with Crippen LogP contribution in [-0.2, 0) is 37.5 Å². The lowest BCUT2D eigenvalue weighted by Crippen LogP contribution is -2.49. The monoisotopic (exact) mass is 985 g/mol. The van der Waals surface area contributed by atoms with Crippen LogP contribution in [-0.4, -0.2) is 140 Å². The van der Waals surface area contributed by atoms with E-state index in [9.17, 15) is 29.1 Å². The van der Waals surface area contributed by atoms with Crippen molar-refractivity contribution >= 4 is 63.6 Å². The van der Waals surface area contributed by atoms with E-state index in [0.29, 0.717) is 109 Å². The highest BCUT2D eigenvalue weighted by atomic mass is 16.5. The van der Waals surface area contributed by atoms with E-state index in [1.807, 2.05) is 26.0 Å². The number of morpholine rings is 1. The number of nitrogens with one attached hydrogen (secondary N) is 3. The Morgan fingerprint density at radius 2 is 1.28 bits per heavy atom. The van der Waals surface area contributed by atoms with E-state index in [1.54, 1.807) is 68.7 Å². The number of primary amides is 1. The molecule has 0 aliphatic carbocycles. The van der Waals surface area contributed by atoms with Crippen LogP contribution in [0.3, 0.4) is 0 Å². The quantitative estimate of drug-likeness (QED) is 0.0770. The van der Waals surface area contributed by atoms with Gasteiger partial charge in [0.25, 0.3) is 17.7 Å². The molecule has 2 aliphatic rings. The molecule has 7 aromatic rings. The molecule has 6 N–H and O–H groups in total. The lowest BCUT2D eigenvalue weighted by atomic mass is 10.1. The van der Waals surface area contributed by atoms with E-state index >= 15 is 0 Å². The number of aryl methyl sites for hydroxylation is 5. The molecule has 1 unspecified atom stereocenters. The average Bonchev–Trinajstić information content (AvgIpc) is 4.21. The average molecular weight is 986 g/mol. The number of anilines is 2. The second-order valence-electron chi connectivity index (χ2n) is 17.3. The number of hydrogen-bond acceptors (Lipinski definition) is 14. The van der Waals surface area contributed by atoms with Gasteiger partial charge in [-0.15, -0.1) is 0 Å². The molecule has 0 bridgehead atoms. The van der Waals surface area contributed by atoms with Crippen LogP contribution in [0.2, 0.25) is 0 Å². The summed E-state index contributed by atoms with van der Waals surface area (Å²) in [5.74, 6) is -2.14. The number of ether oxygens (including phenoxy) is 3. The van der Waals surface area contributed by atoms with Crippen LogP contribution >= 0.6 is 0 Å². The lowest BCUT2D eigenvalue weighted by Gasteiger charge is -2.34. The maximum Gasteiger partial charge on any atom is 0.338 e. The van der Waals surface area contributed by atoms with Crippen LogP contribution in [0, 0.1) is 13.8 Å². The smallest absolute Gasteiger partial charge is 0.338 e. The molecular formula is C48H55N15O9. The predicted octanol–water partition coefficient (Wildman–Crippen LogP) is 3.48. The summed E-state index contributed by atoms with van der Waals surface area (Å²) in [7, 11) is 0. The molecule has 2 aliphatic heterocycles. The van der Waals surface area contributed by atoms with Crippen LogP contribution in [0.15, 0.2) is 60.9 Å². The van der Waals surface area contributed by atoms with Crippen molar-refractivity contribution in [3.63, 3.8) is 0 Å². The maximum absolute atomic E-state index is 14.1. The summed E-state index contributed by atoms with van der Waals surface area (Å²) in [6.45, 7) is 11.3. The number of aromatic nitrogens is 10. The van der Waals surface area contributed by atoms with Gasteiger partial charge in [0.15, 0.2) is 0 Å². The molecule has 0 spiro atoms. The molecule has 24 nitrogen and oxygen atoms in total. The fourth-order valence-corrected chi connectivity index (χ4v) is 8.84. The molecule has 1 saturated heterocycles. The topological polar surface area (TPSA) is 288 Å². The van der Waals surface area contributed by atoms with Crippen LogP contribution < -0.4 is 31.2 Å². The minimum absolute atomic E-state index is 0.0454. The Bertz CT molecular complexity index is 3240. The van der Waals surface area contributed by atoms with Crippen molar-refractivity contribution in [1.29, 1.82) is 0 Å². The Balaban J connectivity index is 1.13. The molecule has 2 aromatic carbocycles.